The Kier molecular flexibility index (Phi) is 4.58. The van der Waals surface area contributed by atoms with Gasteiger partial charge in [-0.3, -0.25) is 4.79 Å². The van der Waals surface area contributed by atoms with Gasteiger partial charge in [-0.15, -0.1) is 0 Å². The fourth-order valence-electron chi connectivity index (χ4n) is 1.48. The van der Waals surface area contributed by atoms with Gasteiger partial charge in [0, 0.05) is 6.42 Å². The van der Waals surface area contributed by atoms with E-state index in [0.717, 1.165) is 12.8 Å². The molecule has 2 nitrogen and oxygen atoms in total. The van der Waals surface area contributed by atoms with Crippen molar-refractivity contribution in [1.29, 1.82) is 0 Å². The molecule has 1 aliphatic carbocycles. The Balaban J connectivity index is 2.37. The third-order valence-electron chi connectivity index (χ3n) is 2.28. The molecule has 0 spiro atoms. The minimum atomic E-state index is -0.0878. The number of rotatable bonds is 2. The Morgan fingerprint density at radius 1 is 1.46 bits per heavy atom. The van der Waals surface area contributed by atoms with Gasteiger partial charge in [0.05, 0.1) is 0 Å². The third-order valence-corrected chi connectivity index (χ3v) is 2.28. The van der Waals surface area contributed by atoms with Crippen LogP contribution in [-0.4, -0.2) is 12.1 Å². The van der Waals surface area contributed by atoms with Crippen molar-refractivity contribution < 1.29 is 9.53 Å². The molecule has 0 amide bonds. The average Bonchev–Trinajstić information content (AvgIpc) is 2.09. The highest BCUT2D eigenvalue weighted by molar-refractivity contribution is 5.69. The van der Waals surface area contributed by atoms with Crippen molar-refractivity contribution in [3.8, 4) is 0 Å². The molecule has 0 aliphatic heterocycles. The lowest BCUT2D eigenvalue weighted by atomic mass is 10.0. The zero-order valence-electron chi connectivity index (χ0n) is 8.29. The van der Waals surface area contributed by atoms with Crippen molar-refractivity contribution in [2.75, 3.05) is 0 Å². The van der Waals surface area contributed by atoms with Crippen molar-refractivity contribution >= 4 is 5.97 Å². The highest BCUT2D eigenvalue weighted by Crippen LogP contribution is 2.14. The first-order valence-corrected chi connectivity index (χ1v) is 5.19. The van der Waals surface area contributed by atoms with Crippen LogP contribution in [0.15, 0.2) is 12.2 Å². The summed E-state index contributed by atoms with van der Waals surface area (Å²) in [6.07, 6.45) is 10.5. The molecule has 0 aromatic rings. The molecule has 0 radical (unpaired) electrons. The first-order chi connectivity index (χ1) is 6.33. The van der Waals surface area contributed by atoms with Gasteiger partial charge in [0.1, 0.15) is 6.10 Å². The summed E-state index contributed by atoms with van der Waals surface area (Å²) in [4.78, 5) is 11.0. The minimum absolute atomic E-state index is 0.0350. The standard InChI is InChI=1S/C11H18O2/c1-2-11(12)13-10-8-6-4-3-5-7-9-10/h6,8,10H,2-5,7,9H2,1H3/b8-6+. The third kappa shape index (κ3) is 4.11. The van der Waals surface area contributed by atoms with Crippen LogP contribution in [0.4, 0.5) is 0 Å². The molecule has 0 N–H and O–H groups in total. The van der Waals surface area contributed by atoms with E-state index in [4.69, 9.17) is 4.74 Å². The number of hydrogen-bond donors (Lipinski definition) is 0. The quantitative estimate of drug-likeness (QED) is 0.485. The molecule has 2 heteroatoms. The normalized spacial score (nSPS) is 25.8. The van der Waals surface area contributed by atoms with E-state index in [2.05, 4.69) is 6.08 Å². The fraction of sp³-hybridized carbons (Fsp3) is 0.727. The van der Waals surface area contributed by atoms with Crippen LogP contribution in [0.2, 0.25) is 0 Å². The van der Waals surface area contributed by atoms with Gasteiger partial charge in [-0.2, -0.15) is 0 Å². The molecule has 0 aromatic heterocycles. The molecule has 74 valence electrons. The minimum Gasteiger partial charge on any atom is -0.458 e. The van der Waals surface area contributed by atoms with Crippen LogP contribution in [0, 0.1) is 0 Å². The van der Waals surface area contributed by atoms with Crippen molar-refractivity contribution in [3.05, 3.63) is 12.2 Å². The van der Waals surface area contributed by atoms with Crippen molar-refractivity contribution in [3.63, 3.8) is 0 Å². The smallest absolute Gasteiger partial charge is 0.306 e. The summed E-state index contributed by atoms with van der Waals surface area (Å²) in [7, 11) is 0. The highest BCUT2D eigenvalue weighted by atomic mass is 16.5. The predicted octanol–water partition coefficient (Wildman–Crippen LogP) is 2.83. The summed E-state index contributed by atoms with van der Waals surface area (Å²) in [6.45, 7) is 1.83. The van der Waals surface area contributed by atoms with Crippen LogP contribution >= 0.6 is 0 Å². The van der Waals surface area contributed by atoms with Gasteiger partial charge >= 0.3 is 5.97 Å². The number of carbonyl (C=O) groups is 1. The van der Waals surface area contributed by atoms with Crippen LogP contribution in [-0.2, 0) is 9.53 Å². The first-order valence-electron chi connectivity index (χ1n) is 5.19. The first kappa shape index (κ1) is 10.3. The molecule has 1 aliphatic rings. The monoisotopic (exact) mass is 182 g/mol. The van der Waals surface area contributed by atoms with Gasteiger partial charge in [-0.1, -0.05) is 19.4 Å². The van der Waals surface area contributed by atoms with E-state index in [-0.39, 0.29) is 12.1 Å². The molecule has 13 heavy (non-hydrogen) atoms. The second kappa shape index (κ2) is 5.79. The van der Waals surface area contributed by atoms with Gasteiger partial charge in [0.2, 0.25) is 0 Å². The Morgan fingerprint density at radius 3 is 3.08 bits per heavy atom. The summed E-state index contributed by atoms with van der Waals surface area (Å²) in [5.74, 6) is -0.0878. The summed E-state index contributed by atoms with van der Waals surface area (Å²) < 4.78 is 5.25. The molecule has 0 saturated carbocycles. The van der Waals surface area contributed by atoms with Crippen LogP contribution in [0.1, 0.15) is 45.4 Å². The van der Waals surface area contributed by atoms with Gasteiger partial charge in [-0.25, -0.2) is 0 Å². The molecular formula is C11H18O2. The summed E-state index contributed by atoms with van der Waals surface area (Å²) >= 11 is 0. The van der Waals surface area contributed by atoms with Gasteiger partial charge in [0.25, 0.3) is 0 Å². The second-order valence-electron chi connectivity index (χ2n) is 3.45. The largest absolute Gasteiger partial charge is 0.458 e. The van der Waals surface area contributed by atoms with E-state index in [1.54, 1.807) is 0 Å². The topological polar surface area (TPSA) is 26.3 Å². The summed E-state index contributed by atoms with van der Waals surface area (Å²) in [5, 5.41) is 0. The Bertz CT molecular complexity index is 185. The molecule has 0 heterocycles. The van der Waals surface area contributed by atoms with Crippen molar-refractivity contribution in [1.82, 2.24) is 0 Å². The molecular weight excluding hydrogens is 164 g/mol. The maximum atomic E-state index is 11.0. The van der Waals surface area contributed by atoms with Crippen molar-refractivity contribution in [2.45, 2.75) is 51.6 Å². The number of hydrogen-bond acceptors (Lipinski definition) is 2. The van der Waals surface area contributed by atoms with Crippen LogP contribution in [0.3, 0.4) is 0 Å². The van der Waals surface area contributed by atoms with E-state index in [1.807, 2.05) is 13.0 Å². The fourth-order valence-corrected chi connectivity index (χ4v) is 1.48. The molecule has 1 rings (SSSR count). The van der Waals surface area contributed by atoms with Crippen LogP contribution in [0.5, 0.6) is 0 Å². The molecule has 0 aromatic carbocycles. The maximum absolute atomic E-state index is 11.0. The molecule has 0 bridgehead atoms. The summed E-state index contributed by atoms with van der Waals surface area (Å²) in [5.41, 5.74) is 0. The van der Waals surface area contributed by atoms with Crippen molar-refractivity contribution in [2.24, 2.45) is 0 Å². The zero-order valence-corrected chi connectivity index (χ0v) is 8.29. The molecule has 1 unspecified atom stereocenters. The number of carbonyl (C=O) groups excluding carboxylic acids is 1. The van der Waals surface area contributed by atoms with E-state index in [9.17, 15) is 4.79 Å². The highest BCUT2D eigenvalue weighted by Gasteiger charge is 2.10. The maximum Gasteiger partial charge on any atom is 0.306 e. The van der Waals surface area contributed by atoms with E-state index < -0.39 is 0 Å². The number of esters is 1. The van der Waals surface area contributed by atoms with Gasteiger partial charge < -0.3 is 4.74 Å². The Hall–Kier alpha value is -0.790. The Labute approximate surface area is 80.0 Å². The van der Waals surface area contributed by atoms with Gasteiger partial charge in [-0.05, 0) is 31.8 Å². The molecule has 1 atom stereocenters. The van der Waals surface area contributed by atoms with Gasteiger partial charge in [0.15, 0.2) is 0 Å². The van der Waals surface area contributed by atoms with E-state index in [1.165, 1.54) is 19.3 Å². The van der Waals surface area contributed by atoms with E-state index >= 15 is 0 Å². The molecule has 0 fully saturated rings. The lowest BCUT2D eigenvalue weighted by Crippen LogP contribution is -2.15. The lowest BCUT2D eigenvalue weighted by molar-refractivity contribution is -0.146. The average molecular weight is 182 g/mol. The summed E-state index contributed by atoms with van der Waals surface area (Å²) in [6, 6.07) is 0. The number of allylic oxidation sites excluding steroid dienone is 1. The predicted molar refractivity (Wildman–Crippen MR) is 52.4 cm³/mol. The zero-order chi connectivity index (χ0) is 9.52. The molecule has 0 saturated heterocycles. The van der Waals surface area contributed by atoms with E-state index in [0.29, 0.717) is 6.42 Å². The SMILES string of the molecule is CCC(=O)OC1/C=C/CCCCC1. The van der Waals surface area contributed by atoms with Crippen LogP contribution < -0.4 is 0 Å². The lowest BCUT2D eigenvalue weighted by Gasteiger charge is -2.15. The second-order valence-corrected chi connectivity index (χ2v) is 3.45. The van der Waals surface area contributed by atoms with Crippen LogP contribution in [0.25, 0.3) is 0 Å². The number of ether oxygens (including phenoxy) is 1. The Morgan fingerprint density at radius 2 is 2.31 bits per heavy atom.